The lowest BCUT2D eigenvalue weighted by Crippen LogP contribution is -2.53. The number of hydrogen-bond donors (Lipinski definition) is 0. The van der Waals surface area contributed by atoms with E-state index in [2.05, 4.69) is 9.88 Å². The van der Waals surface area contributed by atoms with Gasteiger partial charge in [-0.05, 0) is 50.2 Å². The van der Waals surface area contributed by atoms with Crippen molar-refractivity contribution in [3.63, 3.8) is 0 Å². The third-order valence-corrected chi connectivity index (χ3v) is 8.73. The zero-order valence-corrected chi connectivity index (χ0v) is 20.0. The molecular formula is C23H25N3O5S2. The maximum Gasteiger partial charge on any atom is 0.338 e. The number of hydrogen-bond acceptors (Lipinski definition) is 8. The van der Waals surface area contributed by atoms with Crippen molar-refractivity contribution in [3.05, 3.63) is 54.1 Å². The summed E-state index contributed by atoms with van der Waals surface area (Å²) in [5, 5.41) is 0.921. The van der Waals surface area contributed by atoms with Crippen LogP contribution in [0.15, 0.2) is 53.4 Å². The van der Waals surface area contributed by atoms with Crippen LogP contribution < -0.4 is 4.90 Å². The minimum Gasteiger partial charge on any atom is -0.455 e. The third kappa shape index (κ3) is 4.48. The Bertz CT molecular complexity index is 1230. The molecule has 0 bridgehead atoms. The summed E-state index contributed by atoms with van der Waals surface area (Å²) in [5.41, 5.74) is 1.30. The Morgan fingerprint density at radius 3 is 2.36 bits per heavy atom. The highest BCUT2D eigenvalue weighted by Gasteiger charge is 2.34. The predicted octanol–water partition coefficient (Wildman–Crippen LogP) is 3.14. The molecule has 0 saturated carbocycles. The lowest BCUT2D eigenvalue weighted by molar-refractivity contribution is -0.0440. The Morgan fingerprint density at radius 2 is 1.70 bits per heavy atom. The number of anilines is 1. The molecule has 2 aliphatic rings. The number of nitrogens with zero attached hydrogens (tertiary/aromatic N) is 3. The highest BCUT2D eigenvalue weighted by Crippen LogP contribution is 2.32. The highest BCUT2D eigenvalue weighted by molar-refractivity contribution is 7.89. The first-order chi connectivity index (χ1) is 15.8. The standard InChI is InChI=1S/C23H25N3O5S2/c1-15-11-26(12-16(2)30-15)33(28,29)19-9-7-17(8-10-19)22(27)31-18-13-25(14-18)23-24-20-5-3-4-6-21(20)32-23/h3-10,15-16,18H,11-14H2,1-2H3. The molecule has 2 fully saturated rings. The number of benzene rings is 2. The molecule has 2 aliphatic heterocycles. The van der Waals surface area contributed by atoms with Crippen LogP contribution in [0, 0.1) is 0 Å². The first-order valence-electron chi connectivity index (χ1n) is 10.9. The summed E-state index contributed by atoms with van der Waals surface area (Å²) >= 11 is 1.62. The van der Waals surface area contributed by atoms with E-state index in [1.54, 1.807) is 11.3 Å². The lowest BCUT2D eigenvalue weighted by atomic mass is 10.2. The fourth-order valence-corrected chi connectivity index (χ4v) is 6.70. The zero-order chi connectivity index (χ0) is 23.2. The maximum absolute atomic E-state index is 13.0. The number of carbonyl (C=O) groups is 1. The fraction of sp³-hybridized carbons (Fsp3) is 0.391. The molecule has 8 nitrogen and oxygen atoms in total. The van der Waals surface area contributed by atoms with Crippen LogP contribution in [0.4, 0.5) is 5.13 Å². The van der Waals surface area contributed by atoms with Gasteiger partial charge in [0.15, 0.2) is 5.13 Å². The van der Waals surface area contributed by atoms with Gasteiger partial charge in [0, 0.05) is 13.1 Å². The van der Waals surface area contributed by atoms with Crippen molar-refractivity contribution in [1.82, 2.24) is 9.29 Å². The molecule has 5 rings (SSSR count). The topological polar surface area (TPSA) is 89.0 Å². The fourth-order valence-electron chi connectivity index (χ4n) is 4.12. The van der Waals surface area contributed by atoms with Crippen LogP contribution in [-0.4, -0.2) is 68.2 Å². The minimum atomic E-state index is -3.65. The van der Waals surface area contributed by atoms with E-state index in [1.807, 2.05) is 38.1 Å². The summed E-state index contributed by atoms with van der Waals surface area (Å²) in [4.78, 5) is 19.4. The summed E-state index contributed by atoms with van der Waals surface area (Å²) < 4.78 is 39.7. The molecule has 2 aromatic carbocycles. The van der Waals surface area contributed by atoms with Crippen LogP contribution in [-0.2, 0) is 19.5 Å². The molecule has 174 valence electrons. The molecule has 33 heavy (non-hydrogen) atoms. The van der Waals surface area contributed by atoms with E-state index in [9.17, 15) is 13.2 Å². The summed E-state index contributed by atoms with van der Waals surface area (Å²) in [6.07, 6.45) is -0.547. The Kier molecular flexibility index (Phi) is 5.86. The largest absolute Gasteiger partial charge is 0.455 e. The van der Waals surface area contributed by atoms with Crippen molar-refractivity contribution in [3.8, 4) is 0 Å². The molecule has 0 amide bonds. The lowest BCUT2D eigenvalue weighted by Gasteiger charge is -2.38. The Hall–Kier alpha value is -2.53. The van der Waals surface area contributed by atoms with Crippen LogP contribution >= 0.6 is 11.3 Å². The van der Waals surface area contributed by atoms with E-state index in [0.717, 1.165) is 15.3 Å². The average Bonchev–Trinajstić information content (AvgIpc) is 3.18. The molecular weight excluding hydrogens is 462 g/mol. The van der Waals surface area contributed by atoms with Gasteiger partial charge in [0.25, 0.3) is 0 Å². The van der Waals surface area contributed by atoms with Gasteiger partial charge in [-0.3, -0.25) is 0 Å². The van der Waals surface area contributed by atoms with Crippen LogP contribution in [0.1, 0.15) is 24.2 Å². The van der Waals surface area contributed by atoms with Gasteiger partial charge in [-0.15, -0.1) is 0 Å². The van der Waals surface area contributed by atoms with Crippen LogP contribution in [0.5, 0.6) is 0 Å². The minimum absolute atomic E-state index is 0.158. The second kappa shape index (κ2) is 8.68. The quantitative estimate of drug-likeness (QED) is 0.511. The third-order valence-electron chi connectivity index (χ3n) is 5.79. The predicted molar refractivity (Wildman–Crippen MR) is 126 cm³/mol. The molecule has 2 saturated heterocycles. The second-order valence-corrected chi connectivity index (χ2v) is 11.4. The molecule has 0 aliphatic carbocycles. The van der Waals surface area contributed by atoms with E-state index in [4.69, 9.17) is 9.47 Å². The summed E-state index contributed by atoms with van der Waals surface area (Å²) in [6.45, 7) is 5.51. The number of esters is 1. The van der Waals surface area contributed by atoms with Crippen LogP contribution in [0.3, 0.4) is 0 Å². The summed E-state index contributed by atoms with van der Waals surface area (Å²) in [6, 6.07) is 13.9. The molecule has 1 aromatic heterocycles. The van der Waals surface area contributed by atoms with E-state index in [-0.39, 0.29) is 23.2 Å². The monoisotopic (exact) mass is 487 g/mol. The van der Waals surface area contributed by atoms with E-state index < -0.39 is 16.0 Å². The molecule has 10 heteroatoms. The number of carbonyl (C=O) groups excluding carboxylic acids is 1. The second-order valence-electron chi connectivity index (χ2n) is 8.50. The van der Waals surface area contributed by atoms with E-state index in [0.29, 0.717) is 31.7 Å². The van der Waals surface area contributed by atoms with Crippen molar-refractivity contribution in [1.29, 1.82) is 0 Å². The average molecular weight is 488 g/mol. The first-order valence-corrected chi connectivity index (χ1v) is 13.1. The molecule has 0 N–H and O–H groups in total. The van der Waals surface area contributed by atoms with Crippen LogP contribution in [0.25, 0.3) is 10.2 Å². The van der Waals surface area contributed by atoms with E-state index in [1.165, 1.54) is 28.6 Å². The maximum atomic E-state index is 13.0. The molecule has 3 aromatic rings. The molecule has 3 heterocycles. The molecule has 0 radical (unpaired) electrons. The van der Waals surface area contributed by atoms with Gasteiger partial charge in [-0.2, -0.15) is 4.31 Å². The molecule has 2 atom stereocenters. The van der Waals surface area contributed by atoms with Gasteiger partial charge in [0.1, 0.15) is 6.10 Å². The van der Waals surface area contributed by atoms with Gasteiger partial charge in [0.05, 0.1) is 46.0 Å². The number of para-hydroxylation sites is 1. The van der Waals surface area contributed by atoms with Crippen LogP contribution in [0.2, 0.25) is 0 Å². The number of fused-ring (bicyclic) bond motifs is 1. The van der Waals surface area contributed by atoms with Gasteiger partial charge < -0.3 is 14.4 Å². The normalized spacial score (nSPS) is 22.3. The number of morpholine rings is 1. The van der Waals surface area contributed by atoms with Gasteiger partial charge in [0.2, 0.25) is 10.0 Å². The number of sulfonamides is 1. The molecule has 0 spiro atoms. The van der Waals surface area contributed by atoms with Gasteiger partial charge in [-0.1, -0.05) is 23.5 Å². The zero-order valence-electron chi connectivity index (χ0n) is 18.4. The number of rotatable bonds is 5. The molecule has 2 unspecified atom stereocenters. The smallest absolute Gasteiger partial charge is 0.338 e. The Morgan fingerprint density at radius 1 is 1.03 bits per heavy atom. The number of aromatic nitrogens is 1. The van der Waals surface area contributed by atoms with Gasteiger partial charge >= 0.3 is 5.97 Å². The SMILES string of the molecule is CC1CN(S(=O)(=O)c2ccc(C(=O)OC3CN(c4nc5ccccc5s4)C3)cc2)CC(C)O1. The highest BCUT2D eigenvalue weighted by atomic mass is 32.2. The van der Waals surface area contributed by atoms with Crippen molar-refractivity contribution < 1.29 is 22.7 Å². The Balaban J connectivity index is 1.19. The van der Waals surface area contributed by atoms with Gasteiger partial charge in [-0.25, -0.2) is 18.2 Å². The number of ether oxygens (including phenoxy) is 2. The summed E-state index contributed by atoms with van der Waals surface area (Å²) in [7, 11) is -3.65. The Labute approximate surface area is 196 Å². The van der Waals surface area contributed by atoms with Crippen molar-refractivity contribution >= 4 is 42.7 Å². The van der Waals surface area contributed by atoms with E-state index >= 15 is 0 Å². The van der Waals surface area contributed by atoms with Crippen molar-refractivity contribution in [2.45, 2.75) is 37.1 Å². The van der Waals surface area contributed by atoms with Crippen molar-refractivity contribution in [2.24, 2.45) is 0 Å². The summed E-state index contributed by atoms with van der Waals surface area (Å²) in [5.74, 6) is -0.457. The first kappa shape index (κ1) is 22.3. The number of thiazole rings is 1. The van der Waals surface area contributed by atoms with Crippen molar-refractivity contribution in [2.75, 3.05) is 31.1 Å².